The quantitative estimate of drug-likeness (QED) is 0.311. The summed E-state index contributed by atoms with van der Waals surface area (Å²) in [7, 11) is 1.74. The fraction of sp³-hybridized carbons (Fsp3) is 0.294. The van der Waals surface area contributed by atoms with Gasteiger partial charge >= 0.3 is 6.18 Å². The third-order valence-electron chi connectivity index (χ3n) is 3.78. The molecule has 2 aromatic rings. The first-order valence-electron chi connectivity index (χ1n) is 8.00. The lowest BCUT2D eigenvalue weighted by Gasteiger charge is -2.18. The number of aromatic nitrogens is 1. The van der Waals surface area contributed by atoms with Gasteiger partial charge in [-0.25, -0.2) is 16.7 Å². The van der Waals surface area contributed by atoms with E-state index >= 15 is 0 Å². The molecule has 1 aliphatic carbocycles. The Labute approximate surface area is 158 Å². The molecule has 1 aliphatic rings. The van der Waals surface area contributed by atoms with Crippen LogP contribution >= 0.6 is 11.3 Å². The van der Waals surface area contributed by atoms with Crippen molar-refractivity contribution in [2.24, 2.45) is 11.7 Å². The van der Waals surface area contributed by atoms with Crippen LogP contribution in [0.4, 0.5) is 18.9 Å². The second-order valence-electron chi connectivity index (χ2n) is 5.84. The fourth-order valence-electron chi connectivity index (χ4n) is 2.46. The first-order valence-corrected chi connectivity index (χ1v) is 8.81. The van der Waals surface area contributed by atoms with Crippen LogP contribution in [0.15, 0.2) is 24.4 Å². The molecule has 1 fully saturated rings. The number of nitrogens with one attached hydrogen (secondary N) is 1. The molecule has 0 bridgehead atoms. The van der Waals surface area contributed by atoms with Crippen LogP contribution in [0.1, 0.15) is 39.8 Å². The molecule has 0 saturated heterocycles. The summed E-state index contributed by atoms with van der Waals surface area (Å²) in [6, 6.07) is 5.90. The number of hydrazine groups is 2. The number of carbonyl (C=O) groups is 1. The van der Waals surface area contributed by atoms with Gasteiger partial charge in [0.15, 0.2) is 0 Å². The Kier molecular flexibility index (Phi) is 6.94. The number of nitrogens with two attached hydrogens (primary N) is 2. The van der Waals surface area contributed by atoms with E-state index in [0.29, 0.717) is 28.7 Å². The molecule has 1 heterocycles. The number of amides is 1. The Hall–Kier alpha value is -2.43. The number of hydrogen-bond donors (Lipinski definition) is 3. The van der Waals surface area contributed by atoms with Crippen LogP contribution in [0.3, 0.4) is 0 Å². The molecule has 0 aliphatic heterocycles. The van der Waals surface area contributed by atoms with E-state index in [4.69, 9.17) is 10.6 Å². The summed E-state index contributed by atoms with van der Waals surface area (Å²) >= 11 is 0.635. The van der Waals surface area contributed by atoms with Gasteiger partial charge in [-0.1, -0.05) is 12.1 Å². The van der Waals surface area contributed by atoms with Crippen LogP contribution in [-0.2, 0) is 11.0 Å². The van der Waals surface area contributed by atoms with Crippen molar-refractivity contribution < 1.29 is 18.0 Å². The summed E-state index contributed by atoms with van der Waals surface area (Å²) in [6.45, 7) is 0. The minimum atomic E-state index is -4.35. The van der Waals surface area contributed by atoms with E-state index < -0.39 is 11.1 Å². The maximum atomic E-state index is 12.6. The highest BCUT2D eigenvalue weighted by molar-refractivity contribution is 7.12. The molecule has 6 nitrogen and oxygen atoms in total. The molecule has 3 rings (SSSR count). The van der Waals surface area contributed by atoms with Crippen molar-refractivity contribution in [3.63, 3.8) is 0 Å². The molecule has 0 radical (unpaired) electrons. The minimum Gasteiger partial charge on any atom is -0.314 e. The molecule has 1 aromatic heterocycles. The van der Waals surface area contributed by atoms with E-state index in [1.165, 1.54) is 10.6 Å². The van der Waals surface area contributed by atoms with E-state index in [1.54, 1.807) is 18.5 Å². The Morgan fingerprint density at radius 2 is 2.00 bits per heavy atom. The average Bonchev–Trinajstić information content (AvgIpc) is 3.35. The average molecular weight is 399 g/mol. The van der Waals surface area contributed by atoms with Gasteiger partial charge < -0.3 is 5.01 Å². The second-order valence-corrected chi connectivity index (χ2v) is 6.91. The number of alkyl halides is 3. The molecule has 146 valence electrons. The van der Waals surface area contributed by atoms with Crippen LogP contribution in [0.2, 0.25) is 0 Å². The highest BCUT2D eigenvalue weighted by Gasteiger charge is 2.33. The van der Waals surface area contributed by atoms with Crippen LogP contribution in [0.5, 0.6) is 0 Å². The number of hydrogen-bond acceptors (Lipinski definition) is 6. The topological polar surface area (TPSA) is 97.3 Å². The van der Waals surface area contributed by atoms with Crippen LogP contribution in [-0.4, -0.2) is 18.4 Å². The lowest BCUT2D eigenvalue weighted by Crippen LogP contribution is -2.26. The molecule has 1 amide bonds. The number of thiazole rings is 1. The summed E-state index contributed by atoms with van der Waals surface area (Å²) in [4.78, 5) is 12.1. The zero-order valence-corrected chi connectivity index (χ0v) is 15.3. The summed E-state index contributed by atoms with van der Waals surface area (Å²) < 4.78 is 37.9. The number of nitrogens with zero attached hydrogens (tertiary/aromatic N) is 2. The van der Waals surface area contributed by atoms with Gasteiger partial charge in [0.1, 0.15) is 9.88 Å². The SMILES string of the molecule is CN(N)c1cccc(C2CC2)c1/C=C/c1ncc(C(F)(F)F)s1.NNC=O. The molecule has 0 spiro atoms. The maximum absolute atomic E-state index is 12.6. The molecular weight excluding hydrogens is 379 g/mol. The van der Waals surface area contributed by atoms with Gasteiger partial charge in [0.2, 0.25) is 6.41 Å². The van der Waals surface area contributed by atoms with E-state index in [0.717, 1.165) is 30.3 Å². The third kappa shape index (κ3) is 5.78. The van der Waals surface area contributed by atoms with Gasteiger partial charge in [-0.15, -0.1) is 11.3 Å². The second kappa shape index (κ2) is 8.98. The molecular formula is C17H20F3N5OS. The zero-order chi connectivity index (χ0) is 20.0. The third-order valence-corrected chi connectivity index (χ3v) is 4.78. The first kappa shape index (κ1) is 20.9. The molecule has 10 heteroatoms. The van der Waals surface area contributed by atoms with Crippen molar-refractivity contribution in [2.75, 3.05) is 12.1 Å². The monoisotopic (exact) mass is 399 g/mol. The first-order chi connectivity index (χ1) is 12.8. The molecule has 0 atom stereocenters. The fourth-order valence-corrected chi connectivity index (χ4v) is 3.15. The Bertz CT molecular complexity index is 780. The van der Waals surface area contributed by atoms with Gasteiger partial charge in [-0.3, -0.25) is 10.2 Å². The maximum Gasteiger partial charge on any atom is 0.427 e. The van der Waals surface area contributed by atoms with Gasteiger partial charge in [0.05, 0.1) is 11.9 Å². The van der Waals surface area contributed by atoms with Gasteiger partial charge in [-0.05, 0) is 42.5 Å². The van der Waals surface area contributed by atoms with Crippen molar-refractivity contribution in [3.8, 4) is 0 Å². The summed E-state index contributed by atoms with van der Waals surface area (Å²) in [5.74, 6) is 10.8. The number of halogens is 3. The molecule has 27 heavy (non-hydrogen) atoms. The highest BCUT2D eigenvalue weighted by atomic mass is 32.1. The molecule has 1 saturated carbocycles. The Morgan fingerprint density at radius 3 is 2.48 bits per heavy atom. The number of carbonyl (C=O) groups excluding carboxylic acids is 1. The van der Waals surface area contributed by atoms with E-state index in [1.807, 2.05) is 24.3 Å². The van der Waals surface area contributed by atoms with Crippen LogP contribution in [0, 0.1) is 0 Å². The standard InChI is InChI=1S/C16H16F3N3S.CH4N2O/c1-22(20)13-4-2-3-11(10-5-6-10)12(13)7-8-15-21-9-14(23-15)16(17,18)19;2-3-1-4/h2-4,7-10H,5-6,20H2,1H3;1H,2H2,(H,3,4)/b8-7+;. The molecule has 0 unspecified atom stereocenters. The van der Waals surface area contributed by atoms with E-state index in [9.17, 15) is 13.2 Å². The van der Waals surface area contributed by atoms with E-state index in [-0.39, 0.29) is 0 Å². The molecule has 5 N–H and O–H groups in total. The van der Waals surface area contributed by atoms with E-state index in [2.05, 4.69) is 10.8 Å². The van der Waals surface area contributed by atoms with Crippen molar-refractivity contribution >= 4 is 35.6 Å². The smallest absolute Gasteiger partial charge is 0.314 e. The van der Waals surface area contributed by atoms with Gasteiger partial charge in [-0.2, -0.15) is 13.2 Å². The predicted molar refractivity (Wildman–Crippen MR) is 100 cm³/mol. The van der Waals surface area contributed by atoms with Crippen LogP contribution in [0.25, 0.3) is 12.2 Å². The lowest BCUT2D eigenvalue weighted by atomic mass is 10.0. The van der Waals surface area contributed by atoms with Crippen LogP contribution < -0.4 is 22.1 Å². The Balaban J connectivity index is 0.000000596. The number of rotatable bonds is 5. The van der Waals surface area contributed by atoms with Gasteiger partial charge in [0, 0.05) is 12.6 Å². The van der Waals surface area contributed by atoms with Crippen molar-refractivity contribution in [1.29, 1.82) is 0 Å². The number of anilines is 1. The van der Waals surface area contributed by atoms with Crippen molar-refractivity contribution in [2.45, 2.75) is 24.9 Å². The zero-order valence-electron chi connectivity index (χ0n) is 14.5. The largest absolute Gasteiger partial charge is 0.427 e. The Morgan fingerprint density at radius 1 is 1.33 bits per heavy atom. The molecule has 1 aromatic carbocycles. The van der Waals surface area contributed by atoms with Crippen molar-refractivity contribution in [1.82, 2.24) is 10.4 Å². The highest BCUT2D eigenvalue weighted by Crippen LogP contribution is 2.44. The predicted octanol–water partition coefficient (Wildman–Crippen LogP) is 3.13. The van der Waals surface area contributed by atoms with Gasteiger partial charge in [0.25, 0.3) is 0 Å². The minimum absolute atomic E-state index is 0.327. The summed E-state index contributed by atoms with van der Waals surface area (Å²) in [5.41, 5.74) is 4.73. The summed E-state index contributed by atoms with van der Waals surface area (Å²) in [6.07, 6.45) is 2.62. The van der Waals surface area contributed by atoms with Crippen molar-refractivity contribution in [3.05, 3.63) is 45.4 Å². The lowest BCUT2D eigenvalue weighted by molar-refractivity contribution is -0.134. The normalized spacial score (nSPS) is 13.9. The number of benzene rings is 1. The summed E-state index contributed by atoms with van der Waals surface area (Å²) in [5, 5.41) is 1.85.